The van der Waals surface area contributed by atoms with Gasteiger partial charge in [-0.3, -0.25) is 0 Å². The Kier molecular flexibility index (Phi) is 4.19. The number of carbonyl (C=O) groups is 1. The predicted molar refractivity (Wildman–Crippen MR) is 69.7 cm³/mol. The summed E-state index contributed by atoms with van der Waals surface area (Å²) in [6.07, 6.45) is 0. The second kappa shape index (κ2) is 5.53. The molecule has 2 heterocycles. The number of nitrogens with zero attached hydrogens (tertiary/aromatic N) is 2. The van der Waals surface area contributed by atoms with E-state index in [2.05, 4.69) is 15.0 Å². The second-order valence-corrected chi connectivity index (χ2v) is 7.19. The summed E-state index contributed by atoms with van der Waals surface area (Å²) in [5.41, 5.74) is 1.20. The molecule has 1 aromatic rings. The Morgan fingerprint density at radius 1 is 1.63 bits per heavy atom. The number of hydrogen-bond donors (Lipinski definition) is 1. The third kappa shape index (κ3) is 2.78. The quantitative estimate of drug-likeness (QED) is 0.785. The fraction of sp³-hybridized carbons (Fsp3) is 0.600. The van der Waals surface area contributed by atoms with E-state index < -0.39 is 16.0 Å². The van der Waals surface area contributed by atoms with Crippen LogP contribution in [0, 0.1) is 0 Å². The molecule has 1 saturated heterocycles. The fourth-order valence-corrected chi connectivity index (χ4v) is 4.68. The predicted octanol–water partition coefficient (Wildman–Crippen LogP) is -0.0879. The summed E-state index contributed by atoms with van der Waals surface area (Å²) >= 11 is 0.933. The highest BCUT2D eigenvalue weighted by Gasteiger charge is 2.34. The molecule has 1 fully saturated rings. The molecule has 1 aliphatic heterocycles. The molecule has 0 aromatic carbocycles. The number of aromatic nitrogens is 1. The van der Waals surface area contributed by atoms with E-state index in [4.69, 9.17) is 0 Å². The van der Waals surface area contributed by atoms with Crippen LogP contribution in [0.4, 0.5) is 0 Å². The van der Waals surface area contributed by atoms with Gasteiger partial charge in [-0.15, -0.1) is 11.3 Å². The number of ether oxygens (including phenoxy) is 1. The van der Waals surface area contributed by atoms with Crippen LogP contribution in [-0.4, -0.2) is 56.5 Å². The fourth-order valence-electron chi connectivity index (χ4n) is 1.88. The van der Waals surface area contributed by atoms with Crippen molar-refractivity contribution >= 4 is 27.3 Å². The number of piperazine rings is 1. The van der Waals surface area contributed by atoms with Crippen molar-refractivity contribution in [3.05, 3.63) is 11.2 Å². The molecule has 1 aromatic heterocycles. The van der Waals surface area contributed by atoms with E-state index in [9.17, 15) is 13.2 Å². The Hall–Kier alpha value is -1.03. The largest absolute Gasteiger partial charge is 0.464 e. The van der Waals surface area contributed by atoms with Gasteiger partial charge in [-0.25, -0.2) is 18.2 Å². The van der Waals surface area contributed by atoms with Crippen LogP contribution in [0.25, 0.3) is 0 Å². The van der Waals surface area contributed by atoms with Crippen LogP contribution < -0.4 is 5.32 Å². The minimum Gasteiger partial charge on any atom is -0.464 e. The second-order valence-electron chi connectivity index (χ2n) is 4.20. The molecular weight excluding hydrogens is 290 g/mol. The summed E-state index contributed by atoms with van der Waals surface area (Å²) in [6, 6.07) is 0.0815. The SMILES string of the molecule is COC(=O)c1ncsc1S(=O)(=O)N1CCN[C@@H](C)C1. The first kappa shape index (κ1) is 14.4. The van der Waals surface area contributed by atoms with Crippen molar-refractivity contribution in [1.29, 1.82) is 0 Å². The van der Waals surface area contributed by atoms with Crippen LogP contribution in [0.2, 0.25) is 0 Å². The zero-order chi connectivity index (χ0) is 14.0. The summed E-state index contributed by atoms with van der Waals surface area (Å²) in [5.74, 6) is -0.733. The molecule has 1 N–H and O–H groups in total. The lowest BCUT2D eigenvalue weighted by Gasteiger charge is -2.30. The monoisotopic (exact) mass is 305 g/mol. The van der Waals surface area contributed by atoms with Crippen LogP contribution >= 0.6 is 11.3 Å². The van der Waals surface area contributed by atoms with Crippen LogP contribution in [-0.2, 0) is 14.8 Å². The van der Waals surface area contributed by atoms with Gasteiger partial charge in [0.25, 0.3) is 10.0 Å². The standard InChI is InChI=1S/C10H15N3O4S2/c1-7-5-13(4-3-11-7)19(15,16)10-8(9(14)17-2)12-6-18-10/h6-7,11H,3-5H2,1-2H3/t7-/m0/s1. The number of nitrogens with one attached hydrogen (secondary N) is 1. The van der Waals surface area contributed by atoms with Crippen molar-refractivity contribution in [2.75, 3.05) is 26.7 Å². The van der Waals surface area contributed by atoms with Gasteiger partial charge in [0.15, 0.2) is 9.90 Å². The third-order valence-corrected chi connectivity index (χ3v) is 6.03. The van der Waals surface area contributed by atoms with Crippen molar-refractivity contribution < 1.29 is 17.9 Å². The Morgan fingerprint density at radius 2 is 2.37 bits per heavy atom. The number of rotatable bonds is 3. The molecule has 1 aliphatic rings. The Bertz CT molecular complexity index is 569. The van der Waals surface area contributed by atoms with Gasteiger partial charge in [-0.1, -0.05) is 0 Å². The third-order valence-electron chi connectivity index (χ3n) is 2.82. The first-order chi connectivity index (χ1) is 8.96. The summed E-state index contributed by atoms with van der Waals surface area (Å²) in [5, 5.41) is 3.17. The lowest BCUT2D eigenvalue weighted by molar-refractivity contribution is 0.0590. The molecule has 0 unspecified atom stereocenters. The van der Waals surface area contributed by atoms with E-state index in [1.54, 1.807) is 0 Å². The molecule has 7 nitrogen and oxygen atoms in total. The Morgan fingerprint density at radius 3 is 3.00 bits per heavy atom. The zero-order valence-corrected chi connectivity index (χ0v) is 12.3. The molecule has 0 amide bonds. The summed E-state index contributed by atoms with van der Waals surface area (Å²) < 4.78 is 30.9. The number of hydrogen-bond acceptors (Lipinski definition) is 7. The highest BCUT2D eigenvalue weighted by Crippen LogP contribution is 2.25. The molecule has 9 heteroatoms. The van der Waals surface area contributed by atoms with Gasteiger partial charge in [-0.05, 0) is 6.92 Å². The molecule has 0 spiro atoms. The first-order valence-electron chi connectivity index (χ1n) is 5.72. The lowest BCUT2D eigenvalue weighted by Crippen LogP contribution is -2.51. The molecule has 2 rings (SSSR count). The van der Waals surface area contributed by atoms with Gasteiger partial charge in [0.1, 0.15) is 0 Å². The minimum absolute atomic E-state index is 0.0477. The van der Waals surface area contributed by atoms with Gasteiger partial charge < -0.3 is 10.1 Å². The molecule has 1 atom stereocenters. The zero-order valence-electron chi connectivity index (χ0n) is 10.6. The highest BCUT2D eigenvalue weighted by atomic mass is 32.2. The Balaban J connectivity index is 2.34. The van der Waals surface area contributed by atoms with E-state index in [0.717, 1.165) is 11.3 Å². The maximum absolute atomic E-state index is 12.5. The van der Waals surface area contributed by atoms with E-state index in [1.165, 1.54) is 16.9 Å². The summed E-state index contributed by atoms with van der Waals surface area (Å²) in [4.78, 5) is 15.3. The first-order valence-corrected chi connectivity index (χ1v) is 8.04. The molecular formula is C10H15N3O4S2. The number of carbonyl (C=O) groups excluding carboxylic acids is 1. The average Bonchev–Trinajstić information content (AvgIpc) is 2.87. The van der Waals surface area contributed by atoms with E-state index >= 15 is 0 Å². The Labute approximate surface area is 115 Å². The summed E-state index contributed by atoms with van der Waals surface area (Å²) in [7, 11) is -2.49. The molecule has 0 saturated carbocycles. The van der Waals surface area contributed by atoms with Crippen molar-refractivity contribution in [3.8, 4) is 0 Å². The van der Waals surface area contributed by atoms with E-state index in [1.807, 2.05) is 6.92 Å². The summed E-state index contributed by atoms with van der Waals surface area (Å²) in [6.45, 7) is 3.26. The number of esters is 1. The van der Waals surface area contributed by atoms with Crippen LogP contribution in [0.1, 0.15) is 17.4 Å². The molecule has 0 aliphatic carbocycles. The number of sulfonamides is 1. The van der Waals surface area contributed by atoms with Crippen LogP contribution in [0.15, 0.2) is 9.72 Å². The molecule has 19 heavy (non-hydrogen) atoms. The average molecular weight is 305 g/mol. The van der Waals surface area contributed by atoms with E-state index in [0.29, 0.717) is 19.6 Å². The van der Waals surface area contributed by atoms with Gasteiger partial charge in [0, 0.05) is 25.7 Å². The van der Waals surface area contributed by atoms with E-state index in [-0.39, 0.29) is 15.9 Å². The van der Waals surface area contributed by atoms with Gasteiger partial charge in [0.05, 0.1) is 12.6 Å². The van der Waals surface area contributed by atoms with Crippen molar-refractivity contribution in [3.63, 3.8) is 0 Å². The number of thiazole rings is 1. The van der Waals surface area contributed by atoms with Crippen molar-refractivity contribution in [2.24, 2.45) is 0 Å². The minimum atomic E-state index is -3.69. The highest BCUT2D eigenvalue weighted by molar-refractivity contribution is 7.91. The normalized spacial score (nSPS) is 21.3. The van der Waals surface area contributed by atoms with Crippen LogP contribution in [0.3, 0.4) is 0 Å². The molecule has 106 valence electrons. The topological polar surface area (TPSA) is 88.6 Å². The lowest BCUT2D eigenvalue weighted by atomic mass is 10.3. The molecule has 0 bridgehead atoms. The maximum Gasteiger partial charge on any atom is 0.358 e. The maximum atomic E-state index is 12.5. The van der Waals surface area contributed by atoms with Gasteiger partial charge in [-0.2, -0.15) is 4.31 Å². The molecule has 0 radical (unpaired) electrons. The van der Waals surface area contributed by atoms with Gasteiger partial charge >= 0.3 is 5.97 Å². The van der Waals surface area contributed by atoms with Gasteiger partial charge in [0.2, 0.25) is 0 Å². The number of methoxy groups -OCH3 is 1. The smallest absolute Gasteiger partial charge is 0.358 e. The van der Waals surface area contributed by atoms with Crippen LogP contribution in [0.5, 0.6) is 0 Å². The van der Waals surface area contributed by atoms with Crippen molar-refractivity contribution in [1.82, 2.24) is 14.6 Å². The van der Waals surface area contributed by atoms with Crippen molar-refractivity contribution in [2.45, 2.75) is 17.2 Å².